The van der Waals surface area contributed by atoms with E-state index >= 15 is 0 Å². The number of hydrogen-bond acceptors (Lipinski definition) is 6. The second-order valence-electron chi connectivity index (χ2n) is 8.76. The Morgan fingerprint density at radius 1 is 1.06 bits per heavy atom. The van der Waals surface area contributed by atoms with Crippen molar-refractivity contribution in [2.45, 2.75) is 56.1 Å². The van der Waals surface area contributed by atoms with Crippen LogP contribution in [0.1, 0.15) is 62.9 Å². The van der Waals surface area contributed by atoms with Crippen molar-refractivity contribution in [3.05, 3.63) is 75.7 Å². The molecule has 0 spiro atoms. The van der Waals surface area contributed by atoms with Gasteiger partial charge in [0.25, 0.3) is 5.91 Å². The molecule has 2 amide bonds. The van der Waals surface area contributed by atoms with E-state index in [4.69, 9.17) is 4.74 Å². The summed E-state index contributed by atoms with van der Waals surface area (Å²) in [4.78, 5) is 40.5. The first kappa shape index (κ1) is 26.0. The fourth-order valence-electron chi connectivity index (χ4n) is 4.29. The first-order valence-corrected chi connectivity index (χ1v) is 13.8. The predicted molar refractivity (Wildman–Crippen MR) is 146 cm³/mol. The van der Waals surface area contributed by atoms with Crippen molar-refractivity contribution in [2.75, 3.05) is 17.7 Å². The Hall–Kier alpha value is -3.10. The number of carbonyl (C=O) groups excluding carboxylic acids is 3. The van der Waals surface area contributed by atoms with Crippen LogP contribution in [0.25, 0.3) is 0 Å². The van der Waals surface area contributed by atoms with E-state index in [2.05, 4.69) is 10.6 Å². The Morgan fingerprint density at radius 3 is 2.58 bits per heavy atom. The second kappa shape index (κ2) is 11.8. The summed E-state index contributed by atoms with van der Waals surface area (Å²) in [6.07, 6.45) is 4.48. The fraction of sp³-hybridized carbons (Fsp3) is 0.321. The number of aryl methyl sites for hydroxylation is 2. The number of hydrogen-bond donors (Lipinski definition) is 2. The molecule has 1 heterocycles. The van der Waals surface area contributed by atoms with Gasteiger partial charge in [-0.3, -0.25) is 9.59 Å². The number of nitrogens with one attached hydrogen (secondary N) is 2. The van der Waals surface area contributed by atoms with Gasteiger partial charge in [0.2, 0.25) is 5.91 Å². The van der Waals surface area contributed by atoms with E-state index < -0.39 is 5.97 Å². The zero-order valence-corrected chi connectivity index (χ0v) is 22.3. The molecule has 0 radical (unpaired) electrons. The Kier molecular flexibility index (Phi) is 8.48. The summed E-state index contributed by atoms with van der Waals surface area (Å²) < 4.78 is 5.03. The smallest absolute Gasteiger partial charge is 0.341 e. The number of carbonyl (C=O) groups is 3. The third-order valence-corrected chi connectivity index (χ3v) is 8.68. The number of fused-ring (bicyclic) bond motifs is 1. The van der Waals surface area contributed by atoms with Gasteiger partial charge in [0.05, 0.1) is 17.9 Å². The lowest BCUT2D eigenvalue weighted by Crippen LogP contribution is -2.25. The van der Waals surface area contributed by atoms with E-state index in [9.17, 15) is 14.4 Å². The van der Waals surface area contributed by atoms with Crippen LogP contribution in [0.2, 0.25) is 0 Å². The summed E-state index contributed by atoms with van der Waals surface area (Å²) in [5.74, 6) is -0.731. The summed E-state index contributed by atoms with van der Waals surface area (Å²) in [6.45, 7) is 3.91. The van der Waals surface area contributed by atoms with Crippen molar-refractivity contribution in [1.29, 1.82) is 0 Å². The molecular formula is C28H30N2O4S2. The summed E-state index contributed by atoms with van der Waals surface area (Å²) in [5, 5.41) is 6.17. The van der Waals surface area contributed by atoms with Crippen LogP contribution in [0.5, 0.6) is 0 Å². The normalized spacial score (nSPS) is 13.4. The van der Waals surface area contributed by atoms with Crippen molar-refractivity contribution in [1.82, 2.24) is 0 Å². The first-order valence-electron chi connectivity index (χ1n) is 12.1. The van der Waals surface area contributed by atoms with E-state index in [0.717, 1.165) is 46.6 Å². The van der Waals surface area contributed by atoms with Crippen LogP contribution in [-0.4, -0.2) is 30.1 Å². The third kappa shape index (κ3) is 5.99. The molecule has 1 aliphatic carbocycles. The highest BCUT2D eigenvalue weighted by Crippen LogP contribution is 2.39. The zero-order valence-electron chi connectivity index (χ0n) is 20.7. The highest BCUT2D eigenvalue weighted by Gasteiger charge is 2.28. The van der Waals surface area contributed by atoms with Crippen LogP contribution in [0, 0.1) is 6.92 Å². The maximum absolute atomic E-state index is 13.3. The van der Waals surface area contributed by atoms with E-state index in [1.807, 2.05) is 56.3 Å². The van der Waals surface area contributed by atoms with Crippen LogP contribution < -0.4 is 10.6 Å². The van der Waals surface area contributed by atoms with Crippen LogP contribution in [-0.2, 0) is 22.4 Å². The SMILES string of the molecule is CCC(Sc1cccc(NC(=O)c2cccc(C)c2)c1)C(=O)Nc1sc2c(c1C(=O)OC)CCCC2. The molecule has 8 heteroatoms. The molecule has 1 unspecified atom stereocenters. The molecule has 1 aliphatic rings. The van der Waals surface area contributed by atoms with Gasteiger partial charge >= 0.3 is 5.97 Å². The lowest BCUT2D eigenvalue weighted by atomic mass is 9.95. The Labute approximate surface area is 219 Å². The average molecular weight is 523 g/mol. The number of methoxy groups -OCH3 is 1. The Balaban J connectivity index is 1.47. The highest BCUT2D eigenvalue weighted by atomic mass is 32.2. The lowest BCUT2D eigenvalue weighted by molar-refractivity contribution is -0.115. The molecule has 1 atom stereocenters. The van der Waals surface area contributed by atoms with Gasteiger partial charge in [-0.25, -0.2) is 4.79 Å². The lowest BCUT2D eigenvalue weighted by Gasteiger charge is -2.16. The third-order valence-electron chi connectivity index (χ3n) is 6.11. The molecule has 1 aromatic heterocycles. The van der Waals surface area contributed by atoms with Gasteiger partial charge in [-0.05, 0) is 74.9 Å². The molecular weight excluding hydrogens is 492 g/mol. The Morgan fingerprint density at radius 2 is 1.83 bits per heavy atom. The van der Waals surface area contributed by atoms with Crippen LogP contribution in [0.4, 0.5) is 10.7 Å². The summed E-state index contributed by atoms with van der Waals surface area (Å²) in [6, 6.07) is 14.9. The largest absolute Gasteiger partial charge is 0.465 e. The molecule has 0 saturated carbocycles. The Bertz CT molecular complexity index is 1280. The molecule has 4 rings (SSSR count). The second-order valence-corrected chi connectivity index (χ2v) is 11.1. The number of amides is 2. The monoisotopic (exact) mass is 522 g/mol. The number of rotatable bonds is 8. The minimum atomic E-state index is -0.401. The standard InChI is InChI=1S/C28H30N2O4S2/c1-4-22(26(32)30-27-24(28(33)34-3)21-13-5-6-14-23(21)36-27)35-20-12-8-11-19(16-20)29-25(31)18-10-7-9-17(2)15-18/h7-12,15-16,22H,4-6,13-14H2,1-3H3,(H,29,31)(H,30,32). The van der Waals surface area contributed by atoms with E-state index in [1.54, 1.807) is 6.07 Å². The number of benzene rings is 2. The van der Waals surface area contributed by atoms with Gasteiger partial charge in [-0.1, -0.05) is 30.7 Å². The molecule has 6 nitrogen and oxygen atoms in total. The fourth-order valence-corrected chi connectivity index (χ4v) is 6.58. The molecule has 0 fully saturated rings. The molecule has 2 aromatic carbocycles. The quantitative estimate of drug-likeness (QED) is 0.261. The van der Waals surface area contributed by atoms with Gasteiger partial charge < -0.3 is 15.4 Å². The van der Waals surface area contributed by atoms with Crippen molar-refractivity contribution in [2.24, 2.45) is 0 Å². The van der Waals surface area contributed by atoms with Gasteiger partial charge in [-0.2, -0.15) is 0 Å². The summed E-state index contributed by atoms with van der Waals surface area (Å²) in [7, 11) is 1.37. The minimum absolute atomic E-state index is 0.152. The van der Waals surface area contributed by atoms with E-state index in [1.165, 1.54) is 30.2 Å². The van der Waals surface area contributed by atoms with Gasteiger partial charge in [0.1, 0.15) is 5.00 Å². The van der Waals surface area contributed by atoms with Crippen molar-refractivity contribution in [3.8, 4) is 0 Å². The molecule has 3 aromatic rings. The maximum atomic E-state index is 13.3. The minimum Gasteiger partial charge on any atom is -0.465 e. The summed E-state index contributed by atoms with van der Waals surface area (Å²) >= 11 is 2.92. The van der Waals surface area contributed by atoms with Crippen molar-refractivity contribution < 1.29 is 19.1 Å². The molecule has 0 aliphatic heterocycles. The van der Waals surface area contributed by atoms with Crippen molar-refractivity contribution >= 4 is 51.6 Å². The number of thioether (sulfide) groups is 1. The predicted octanol–water partition coefficient (Wildman–Crippen LogP) is 6.48. The summed E-state index contributed by atoms with van der Waals surface area (Å²) in [5.41, 5.74) is 3.81. The average Bonchev–Trinajstić information content (AvgIpc) is 3.24. The molecule has 188 valence electrons. The van der Waals surface area contributed by atoms with Crippen LogP contribution in [0.3, 0.4) is 0 Å². The maximum Gasteiger partial charge on any atom is 0.341 e. The number of anilines is 2. The van der Waals surface area contributed by atoms with E-state index in [0.29, 0.717) is 28.2 Å². The van der Waals surface area contributed by atoms with Gasteiger partial charge in [-0.15, -0.1) is 23.1 Å². The molecule has 0 saturated heterocycles. The van der Waals surface area contributed by atoms with Crippen molar-refractivity contribution in [3.63, 3.8) is 0 Å². The number of ether oxygens (including phenoxy) is 1. The van der Waals surface area contributed by atoms with Gasteiger partial charge in [0.15, 0.2) is 0 Å². The van der Waals surface area contributed by atoms with Crippen LogP contribution in [0.15, 0.2) is 53.4 Å². The molecule has 2 N–H and O–H groups in total. The first-order chi connectivity index (χ1) is 17.4. The molecule has 0 bridgehead atoms. The van der Waals surface area contributed by atoms with Crippen LogP contribution >= 0.6 is 23.1 Å². The molecule has 36 heavy (non-hydrogen) atoms. The van der Waals surface area contributed by atoms with Gasteiger partial charge in [0, 0.05) is 21.0 Å². The number of thiophene rings is 1. The highest BCUT2D eigenvalue weighted by molar-refractivity contribution is 8.00. The van der Waals surface area contributed by atoms with E-state index in [-0.39, 0.29) is 17.1 Å². The zero-order chi connectivity index (χ0) is 25.7. The topological polar surface area (TPSA) is 84.5 Å². The number of esters is 1.